The highest BCUT2D eigenvalue weighted by Crippen LogP contribution is 2.45. The van der Waals surface area contributed by atoms with Gasteiger partial charge in [-0.05, 0) is 71.0 Å². The van der Waals surface area contributed by atoms with Crippen LogP contribution in [0, 0.1) is 0 Å². The molecule has 4 heteroatoms. The summed E-state index contributed by atoms with van der Waals surface area (Å²) in [6, 6.07) is 42.5. The lowest BCUT2D eigenvalue weighted by Crippen LogP contribution is -2.09. The molecule has 9 rings (SSSR count). The van der Waals surface area contributed by atoms with Crippen molar-refractivity contribution in [1.29, 1.82) is 0 Å². The lowest BCUT2D eigenvalue weighted by atomic mass is 9.89. The van der Waals surface area contributed by atoms with Gasteiger partial charge in [0.2, 0.25) is 0 Å². The monoisotopic (exact) mass is 610 g/mol. The van der Waals surface area contributed by atoms with Crippen molar-refractivity contribution >= 4 is 54.9 Å². The highest BCUT2D eigenvalue weighted by molar-refractivity contribution is 6.11. The van der Waals surface area contributed by atoms with Crippen molar-refractivity contribution in [3.05, 3.63) is 132 Å². The Bertz CT molecular complexity index is 2630. The molecular formula is C43H34N2O2. The molecule has 0 aliphatic carbocycles. The minimum atomic E-state index is 0.194. The number of aromatic nitrogens is 2. The van der Waals surface area contributed by atoms with E-state index in [1.165, 1.54) is 16.7 Å². The first kappa shape index (κ1) is 27.7. The van der Waals surface area contributed by atoms with Crippen LogP contribution in [0.5, 0.6) is 0 Å². The SMILES string of the molecule is CC(C)c1cc2c(oc3ccccc32)c(C(C)C)c1-n1c(-c2cccc3c2oc2cc(-c4ccccc4)ccc23)nc2ccccc21. The van der Waals surface area contributed by atoms with E-state index in [0.717, 1.165) is 77.5 Å². The van der Waals surface area contributed by atoms with Gasteiger partial charge >= 0.3 is 0 Å². The summed E-state index contributed by atoms with van der Waals surface area (Å²) in [6.45, 7) is 9.08. The van der Waals surface area contributed by atoms with E-state index in [1.807, 2.05) is 12.1 Å². The molecule has 0 spiro atoms. The molecule has 0 fully saturated rings. The summed E-state index contributed by atoms with van der Waals surface area (Å²) in [5.74, 6) is 1.31. The van der Waals surface area contributed by atoms with E-state index in [9.17, 15) is 0 Å². The highest BCUT2D eigenvalue weighted by atomic mass is 16.3. The number of benzene rings is 6. The normalized spacial score (nSPS) is 12.2. The first-order chi connectivity index (χ1) is 23.0. The third-order valence-corrected chi connectivity index (χ3v) is 9.54. The van der Waals surface area contributed by atoms with Gasteiger partial charge in [-0.15, -0.1) is 0 Å². The van der Waals surface area contributed by atoms with Crippen molar-refractivity contribution in [2.24, 2.45) is 0 Å². The van der Waals surface area contributed by atoms with Gasteiger partial charge in [-0.2, -0.15) is 0 Å². The molecule has 228 valence electrons. The summed E-state index contributed by atoms with van der Waals surface area (Å²) < 4.78 is 15.8. The molecule has 6 aromatic carbocycles. The topological polar surface area (TPSA) is 44.1 Å². The molecule has 0 atom stereocenters. The van der Waals surface area contributed by atoms with E-state index in [0.29, 0.717) is 0 Å². The maximum Gasteiger partial charge on any atom is 0.149 e. The van der Waals surface area contributed by atoms with Crippen molar-refractivity contribution in [3.63, 3.8) is 0 Å². The van der Waals surface area contributed by atoms with E-state index in [1.54, 1.807) is 0 Å². The standard InChI is InChI=1S/C43H34N2O2/c1-25(2)33-24-34-29-15-8-11-20-37(29)46-42(34)39(26(3)4)40(33)45-36-19-10-9-18-35(36)44-43(45)32-17-12-16-31-30-22-21-28(23-38(30)47-41(31)32)27-13-6-5-7-14-27/h5-26H,1-4H3. The fourth-order valence-electron chi connectivity index (χ4n) is 7.34. The molecule has 3 heterocycles. The molecule has 9 aromatic rings. The lowest BCUT2D eigenvalue weighted by Gasteiger charge is -2.23. The quantitative estimate of drug-likeness (QED) is 0.195. The largest absolute Gasteiger partial charge is 0.456 e. The Morgan fingerprint density at radius 2 is 1.28 bits per heavy atom. The van der Waals surface area contributed by atoms with Crippen LogP contribution in [0.2, 0.25) is 0 Å². The van der Waals surface area contributed by atoms with Gasteiger partial charge in [0.05, 0.1) is 22.3 Å². The first-order valence-electron chi connectivity index (χ1n) is 16.4. The Hall–Kier alpha value is -5.61. The van der Waals surface area contributed by atoms with Crippen LogP contribution in [0.4, 0.5) is 0 Å². The summed E-state index contributed by atoms with van der Waals surface area (Å²) in [7, 11) is 0. The first-order valence-corrected chi connectivity index (χ1v) is 16.4. The van der Waals surface area contributed by atoms with E-state index in [-0.39, 0.29) is 11.8 Å². The van der Waals surface area contributed by atoms with E-state index in [2.05, 4.69) is 141 Å². The second kappa shape index (κ2) is 10.5. The van der Waals surface area contributed by atoms with Crippen LogP contribution in [0.1, 0.15) is 50.7 Å². The van der Waals surface area contributed by atoms with Crippen LogP contribution in [0.25, 0.3) is 83.1 Å². The summed E-state index contributed by atoms with van der Waals surface area (Å²) >= 11 is 0. The molecular weight excluding hydrogens is 576 g/mol. The van der Waals surface area contributed by atoms with Gasteiger partial charge in [0.25, 0.3) is 0 Å². The molecule has 0 amide bonds. The van der Waals surface area contributed by atoms with Gasteiger partial charge in [-0.1, -0.05) is 107 Å². The van der Waals surface area contributed by atoms with Crippen molar-refractivity contribution in [2.45, 2.75) is 39.5 Å². The fraction of sp³-hybridized carbons (Fsp3) is 0.140. The lowest BCUT2D eigenvalue weighted by molar-refractivity contribution is 0.654. The van der Waals surface area contributed by atoms with Gasteiger partial charge in [0, 0.05) is 27.1 Å². The van der Waals surface area contributed by atoms with E-state index >= 15 is 0 Å². The third kappa shape index (κ3) is 4.18. The van der Waals surface area contributed by atoms with Gasteiger partial charge in [0.15, 0.2) is 0 Å². The number of fused-ring (bicyclic) bond motifs is 7. The summed E-state index contributed by atoms with van der Waals surface area (Å²) in [6.07, 6.45) is 0. The van der Waals surface area contributed by atoms with Gasteiger partial charge in [0.1, 0.15) is 28.2 Å². The molecule has 3 aromatic heterocycles. The van der Waals surface area contributed by atoms with Crippen LogP contribution in [0.3, 0.4) is 0 Å². The Kier molecular flexibility index (Phi) is 6.16. The van der Waals surface area contributed by atoms with Crippen molar-refractivity contribution in [1.82, 2.24) is 9.55 Å². The smallest absolute Gasteiger partial charge is 0.149 e. The molecule has 0 saturated carbocycles. The maximum atomic E-state index is 6.78. The summed E-state index contributed by atoms with van der Waals surface area (Å²) in [5, 5.41) is 4.49. The molecule has 47 heavy (non-hydrogen) atoms. The van der Waals surface area contributed by atoms with Crippen molar-refractivity contribution in [2.75, 3.05) is 0 Å². The molecule has 0 radical (unpaired) electrons. The number of furan rings is 2. The van der Waals surface area contributed by atoms with Gasteiger partial charge < -0.3 is 8.83 Å². The number of imidazole rings is 1. The Morgan fingerprint density at radius 3 is 2.11 bits per heavy atom. The minimum Gasteiger partial charge on any atom is -0.456 e. The number of hydrogen-bond donors (Lipinski definition) is 0. The third-order valence-electron chi connectivity index (χ3n) is 9.54. The predicted molar refractivity (Wildman–Crippen MR) is 195 cm³/mol. The highest BCUT2D eigenvalue weighted by Gasteiger charge is 2.28. The Morgan fingerprint density at radius 1 is 0.553 bits per heavy atom. The number of para-hydroxylation sites is 4. The zero-order valence-electron chi connectivity index (χ0n) is 26.9. The number of hydrogen-bond acceptors (Lipinski definition) is 3. The molecule has 0 N–H and O–H groups in total. The van der Waals surface area contributed by atoms with Crippen LogP contribution >= 0.6 is 0 Å². The van der Waals surface area contributed by atoms with Crippen molar-refractivity contribution in [3.8, 4) is 28.2 Å². The molecule has 4 nitrogen and oxygen atoms in total. The van der Waals surface area contributed by atoms with Crippen LogP contribution in [0.15, 0.2) is 130 Å². The molecule has 0 aliphatic heterocycles. The van der Waals surface area contributed by atoms with Crippen molar-refractivity contribution < 1.29 is 8.83 Å². The second-order valence-corrected chi connectivity index (χ2v) is 13.1. The zero-order valence-corrected chi connectivity index (χ0v) is 26.9. The predicted octanol–water partition coefficient (Wildman–Crippen LogP) is 12.4. The number of nitrogens with zero attached hydrogens (tertiary/aromatic N) is 2. The van der Waals surface area contributed by atoms with Gasteiger partial charge in [-0.25, -0.2) is 4.98 Å². The summed E-state index contributed by atoms with van der Waals surface area (Å²) in [4.78, 5) is 5.34. The van der Waals surface area contributed by atoms with Crippen LogP contribution in [-0.2, 0) is 0 Å². The second-order valence-electron chi connectivity index (χ2n) is 13.1. The fourth-order valence-corrected chi connectivity index (χ4v) is 7.34. The average Bonchev–Trinajstić information content (AvgIpc) is 3.78. The number of rotatable bonds is 5. The molecule has 0 aliphatic rings. The molecule has 0 saturated heterocycles. The van der Waals surface area contributed by atoms with E-state index < -0.39 is 0 Å². The van der Waals surface area contributed by atoms with Crippen LogP contribution < -0.4 is 0 Å². The molecule has 0 unspecified atom stereocenters. The van der Waals surface area contributed by atoms with Gasteiger partial charge in [-0.3, -0.25) is 4.57 Å². The average molecular weight is 611 g/mol. The zero-order chi connectivity index (χ0) is 31.8. The Balaban J connectivity index is 1.38. The maximum absolute atomic E-state index is 6.78. The molecule has 0 bridgehead atoms. The summed E-state index contributed by atoms with van der Waals surface area (Å²) in [5.41, 5.74) is 12.4. The van der Waals surface area contributed by atoms with E-state index in [4.69, 9.17) is 13.8 Å². The Labute approximate surface area is 272 Å². The van der Waals surface area contributed by atoms with Crippen LogP contribution in [-0.4, -0.2) is 9.55 Å². The minimum absolute atomic E-state index is 0.194.